The first-order valence-corrected chi connectivity index (χ1v) is 8.56. The lowest BCUT2D eigenvalue weighted by molar-refractivity contribution is 0.0691. The van der Waals surface area contributed by atoms with Crippen LogP contribution in [0.15, 0.2) is 29.6 Å². The van der Waals surface area contributed by atoms with E-state index in [0.717, 1.165) is 11.6 Å². The van der Waals surface area contributed by atoms with Gasteiger partial charge in [0.1, 0.15) is 0 Å². The van der Waals surface area contributed by atoms with Crippen LogP contribution in [0.4, 0.5) is 0 Å². The van der Waals surface area contributed by atoms with Crippen molar-refractivity contribution in [3.05, 3.63) is 51.5 Å². The highest BCUT2D eigenvalue weighted by molar-refractivity contribution is 7.09. The lowest BCUT2D eigenvalue weighted by Gasteiger charge is -2.26. The van der Waals surface area contributed by atoms with Gasteiger partial charge in [0.2, 0.25) is 0 Å². The zero-order valence-corrected chi connectivity index (χ0v) is 13.3. The summed E-state index contributed by atoms with van der Waals surface area (Å²) in [6, 6.07) is 8.60. The van der Waals surface area contributed by atoms with E-state index >= 15 is 0 Å². The van der Waals surface area contributed by atoms with Gasteiger partial charge in [0, 0.05) is 18.3 Å². The summed E-state index contributed by atoms with van der Waals surface area (Å²) >= 11 is 1.41. The lowest BCUT2D eigenvalue weighted by Crippen LogP contribution is -2.29. The Bertz CT molecular complexity index is 630. The average Bonchev–Trinajstić information content (AvgIpc) is 2.99. The highest BCUT2D eigenvalue weighted by Gasteiger charge is 2.11. The van der Waals surface area contributed by atoms with Gasteiger partial charge < -0.3 is 5.11 Å². The maximum Gasteiger partial charge on any atom is 0.355 e. The van der Waals surface area contributed by atoms with Gasteiger partial charge in [-0.2, -0.15) is 0 Å². The van der Waals surface area contributed by atoms with Crippen molar-refractivity contribution in [3.63, 3.8) is 0 Å². The minimum absolute atomic E-state index is 0.140. The molecule has 5 heteroatoms. The molecule has 3 rings (SSSR count). The average molecular weight is 316 g/mol. The van der Waals surface area contributed by atoms with Crippen LogP contribution in [0.2, 0.25) is 0 Å². The minimum atomic E-state index is -0.959. The summed E-state index contributed by atoms with van der Waals surface area (Å²) in [7, 11) is 0. The zero-order chi connectivity index (χ0) is 15.4. The quantitative estimate of drug-likeness (QED) is 0.918. The molecule has 2 heterocycles. The number of benzene rings is 1. The van der Waals surface area contributed by atoms with Crippen molar-refractivity contribution in [1.82, 2.24) is 9.88 Å². The van der Waals surface area contributed by atoms with E-state index in [1.165, 1.54) is 54.8 Å². The van der Waals surface area contributed by atoms with Gasteiger partial charge in [-0.15, -0.1) is 11.3 Å². The molecule has 1 aliphatic heterocycles. The van der Waals surface area contributed by atoms with Gasteiger partial charge in [-0.05, 0) is 37.1 Å². The van der Waals surface area contributed by atoms with E-state index in [2.05, 4.69) is 34.1 Å². The number of carbonyl (C=O) groups is 1. The molecular weight excluding hydrogens is 296 g/mol. The monoisotopic (exact) mass is 316 g/mol. The normalized spacial score (nSPS) is 15.8. The number of carboxylic acids is 1. The Balaban J connectivity index is 1.59. The van der Waals surface area contributed by atoms with E-state index in [0.29, 0.717) is 6.42 Å². The first kappa shape index (κ1) is 15.2. The van der Waals surface area contributed by atoms with Crippen LogP contribution in [-0.4, -0.2) is 34.0 Å². The Morgan fingerprint density at radius 1 is 1.14 bits per heavy atom. The van der Waals surface area contributed by atoms with Crippen molar-refractivity contribution in [3.8, 4) is 0 Å². The fraction of sp³-hybridized carbons (Fsp3) is 0.412. The van der Waals surface area contributed by atoms with Gasteiger partial charge in [-0.25, -0.2) is 9.78 Å². The molecule has 1 aromatic carbocycles. The molecule has 0 radical (unpaired) electrons. The van der Waals surface area contributed by atoms with E-state index in [-0.39, 0.29) is 5.69 Å². The van der Waals surface area contributed by atoms with Gasteiger partial charge >= 0.3 is 5.97 Å². The van der Waals surface area contributed by atoms with Crippen LogP contribution < -0.4 is 0 Å². The van der Waals surface area contributed by atoms with Crippen LogP contribution in [0, 0.1) is 0 Å². The third-order valence-electron chi connectivity index (χ3n) is 4.00. The highest BCUT2D eigenvalue weighted by atomic mass is 32.1. The molecule has 4 nitrogen and oxygen atoms in total. The minimum Gasteiger partial charge on any atom is -0.476 e. The Labute approximate surface area is 134 Å². The number of hydrogen-bond acceptors (Lipinski definition) is 4. The Kier molecular flexibility index (Phi) is 4.85. The molecule has 1 saturated heterocycles. The largest absolute Gasteiger partial charge is 0.476 e. The van der Waals surface area contributed by atoms with E-state index < -0.39 is 5.97 Å². The summed E-state index contributed by atoms with van der Waals surface area (Å²) < 4.78 is 0. The van der Waals surface area contributed by atoms with Gasteiger partial charge in [0.05, 0.1) is 5.01 Å². The van der Waals surface area contributed by atoms with Crippen molar-refractivity contribution in [2.45, 2.75) is 32.2 Å². The fourth-order valence-electron chi connectivity index (χ4n) is 2.80. The first-order chi connectivity index (χ1) is 10.7. The van der Waals surface area contributed by atoms with Crippen molar-refractivity contribution in [1.29, 1.82) is 0 Å². The fourth-order valence-corrected chi connectivity index (χ4v) is 3.61. The highest BCUT2D eigenvalue weighted by Crippen LogP contribution is 2.17. The zero-order valence-electron chi connectivity index (χ0n) is 12.5. The molecule has 1 N–H and O–H groups in total. The van der Waals surface area contributed by atoms with E-state index in [1.54, 1.807) is 5.38 Å². The van der Waals surface area contributed by atoms with Gasteiger partial charge in [-0.3, -0.25) is 4.90 Å². The topological polar surface area (TPSA) is 53.4 Å². The number of thiazole rings is 1. The molecular formula is C17H20N2O2S. The Morgan fingerprint density at radius 2 is 1.82 bits per heavy atom. The second-order valence-corrected chi connectivity index (χ2v) is 6.70. The van der Waals surface area contributed by atoms with Crippen LogP contribution in [0.1, 0.15) is 45.9 Å². The number of carboxylic acid groups (broad SMARTS) is 1. The lowest BCUT2D eigenvalue weighted by atomic mass is 10.1. The molecule has 0 bridgehead atoms. The smallest absolute Gasteiger partial charge is 0.355 e. The number of likely N-dealkylation sites (tertiary alicyclic amines) is 1. The molecule has 1 aliphatic rings. The molecule has 0 saturated carbocycles. The van der Waals surface area contributed by atoms with Crippen LogP contribution in [0.3, 0.4) is 0 Å². The summed E-state index contributed by atoms with van der Waals surface area (Å²) in [5.41, 5.74) is 2.66. The van der Waals surface area contributed by atoms with Crippen molar-refractivity contribution in [2.75, 3.05) is 13.1 Å². The van der Waals surface area contributed by atoms with Crippen LogP contribution in [0.25, 0.3) is 0 Å². The van der Waals surface area contributed by atoms with E-state index in [1.807, 2.05) is 0 Å². The molecule has 0 amide bonds. The van der Waals surface area contributed by atoms with Crippen molar-refractivity contribution >= 4 is 17.3 Å². The number of piperidine rings is 1. The second-order valence-electron chi connectivity index (χ2n) is 5.76. The predicted molar refractivity (Wildman–Crippen MR) is 87.4 cm³/mol. The third-order valence-corrected chi connectivity index (χ3v) is 4.85. The second kappa shape index (κ2) is 7.03. The van der Waals surface area contributed by atoms with Gasteiger partial charge in [0.15, 0.2) is 5.69 Å². The first-order valence-electron chi connectivity index (χ1n) is 7.68. The van der Waals surface area contributed by atoms with Crippen LogP contribution in [-0.2, 0) is 13.0 Å². The number of nitrogens with zero attached hydrogens (tertiary/aromatic N) is 2. The summed E-state index contributed by atoms with van der Waals surface area (Å²) in [5, 5.41) is 11.3. The van der Waals surface area contributed by atoms with Crippen LogP contribution in [0.5, 0.6) is 0 Å². The summed E-state index contributed by atoms with van der Waals surface area (Å²) in [6.07, 6.45) is 4.69. The Hall–Kier alpha value is -1.72. The standard InChI is InChI=1S/C17H20N2O2S/c20-17(21)15-12-22-16(18-15)10-13-4-6-14(7-5-13)11-19-8-2-1-3-9-19/h4-7,12H,1-3,8-11H2,(H,20,21). The third kappa shape index (κ3) is 3.93. The van der Waals surface area contributed by atoms with Gasteiger partial charge in [-0.1, -0.05) is 30.7 Å². The molecule has 0 atom stereocenters. The SMILES string of the molecule is O=C(O)c1csc(Cc2ccc(CN3CCCCC3)cc2)n1. The van der Waals surface area contributed by atoms with Crippen molar-refractivity contribution in [2.24, 2.45) is 0 Å². The molecule has 1 fully saturated rings. The van der Waals surface area contributed by atoms with Crippen molar-refractivity contribution < 1.29 is 9.90 Å². The molecule has 22 heavy (non-hydrogen) atoms. The molecule has 2 aromatic rings. The summed E-state index contributed by atoms with van der Waals surface area (Å²) in [5.74, 6) is -0.959. The molecule has 0 aliphatic carbocycles. The predicted octanol–water partition coefficient (Wildman–Crippen LogP) is 3.42. The van der Waals surface area contributed by atoms with Crippen LogP contribution >= 0.6 is 11.3 Å². The maximum atomic E-state index is 10.8. The Morgan fingerprint density at radius 3 is 2.45 bits per heavy atom. The number of aromatic carboxylic acids is 1. The summed E-state index contributed by atoms with van der Waals surface area (Å²) in [4.78, 5) is 17.5. The number of aromatic nitrogens is 1. The molecule has 0 spiro atoms. The van der Waals surface area contributed by atoms with E-state index in [4.69, 9.17) is 5.11 Å². The maximum absolute atomic E-state index is 10.8. The molecule has 0 unspecified atom stereocenters. The number of rotatable bonds is 5. The molecule has 116 valence electrons. The van der Waals surface area contributed by atoms with E-state index in [9.17, 15) is 4.79 Å². The number of hydrogen-bond donors (Lipinski definition) is 1. The summed E-state index contributed by atoms with van der Waals surface area (Å²) in [6.45, 7) is 3.44. The van der Waals surface area contributed by atoms with Gasteiger partial charge in [0.25, 0.3) is 0 Å². The molecule has 1 aromatic heterocycles.